The molecule has 74 valence electrons. The van der Waals surface area contributed by atoms with Gasteiger partial charge in [-0.05, 0) is 6.07 Å². The van der Waals surface area contributed by atoms with Crippen molar-refractivity contribution in [1.82, 2.24) is 0 Å². The van der Waals surface area contributed by atoms with Crippen LogP contribution in [0.4, 0.5) is 5.69 Å². The van der Waals surface area contributed by atoms with Crippen molar-refractivity contribution in [2.24, 2.45) is 0 Å². The Kier molecular flexibility index (Phi) is 2.26. The molecule has 0 amide bonds. The zero-order valence-electron chi connectivity index (χ0n) is 6.97. The molecule has 0 unspecified atom stereocenters. The first-order valence-electron chi connectivity index (χ1n) is 3.89. The summed E-state index contributed by atoms with van der Waals surface area (Å²) in [6.07, 6.45) is -0.256. The average Bonchev–Trinajstić information content (AvgIpc) is 2.92. The number of rotatable bonds is 3. The van der Waals surface area contributed by atoms with Crippen LogP contribution in [0.25, 0.3) is 0 Å². The van der Waals surface area contributed by atoms with Crippen LogP contribution in [-0.2, 0) is 4.74 Å². The quantitative estimate of drug-likeness (QED) is 0.439. The molecule has 5 nitrogen and oxygen atoms in total. The highest BCUT2D eigenvalue weighted by Crippen LogP contribution is 2.30. The third-order valence-electron chi connectivity index (χ3n) is 1.69. The van der Waals surface area contributed by atoms with Crippen LogP contribution in [0.1, 0.15) is 0 Å². The summed E-state index contributed by atoms with van der Waals surface area (Å²) in [4.78, 5) is 9.87. The lowest BCUT2D eigenvalue weighted by Crippen LogP contribution is -1.98. The maximum absolute atomic E-state index is 10.4. The van der Waals surface area contributed by atoms with Crippen molar-refractivity contribution in [2.75, 3.05) is 6.61 Å². The lowest BCUT2D eigenvalue weighted by molar-refractivity contribution is -0.384. The summed E-state index contributed by atoms with van der Waals surface area (Å²) < 4.78 is 10.0. The van der Waals surface area contributed by atoms with Crippen molar-refractivity contribution in [1.29, 1.82) is 0 Å². The molecule has 1 heterocycles. The molecule has 0 N–H and O–H groups in total. The van der Waals surface area contributed by atoms with Crippen molar-refractivity contribution in [2.45, 2.75) is 6.29 Å². The molecule has 1 fully saturated rings. The number of epoxide rings is 1. The number of hydrogen-bond acceptors (Lipinski definition) is 4. The van der Waals surface area contributed by atoms with E-state index < -0.39 is 4.92 Å². The van der Waals surface area contributed by atoms with Crippen LogP contribution < -0.4 is 4.74 Å². The van der Waals surface area contributed by atoms with Crippen LogP contribution in [0, 0.1) is 10.1 Å². The molecule has 0 aromatic heterocycles. The highest BCUT2D eigenvalue weighted by molar-refractivity contribution is 6.32. The predicted octanol–water partition coefficient (Wildman–Crippen LogP) is 1.98. The van der Waals surface area contributed by atoms with E-state index in [1.54, 1.807) is 0 Å². The van der Waals surface area contributed by atoms with E-state index in [0.717, 1.165) is 0 Å². The summed E-state index contributed by atoms with van der Waals surface area (Å²) in [5, 5.41) is 10.6. The Morgan fingerprint density at radius 2 is 2.36 bits per heavy atom. The van der Waals surface area contributed by atoms with Crippen LogP contribution in [0.3, 0.4) is 0 Å². The van der Waals surface area contributed by atoms with Crippen LogP contribution in [0.5, 0.6) is 5.75 Å². The second-order valence-electron chi connectivity index (χ2n) is 2.75. The molecular formula is C8H6ClNO4. The zero-order chi connectivity index (χ0) is 10.1. The van der Waals surface area contributed by atoms with Gasteiger partial charge < -0.3 is 9.47 Å². The Labute approximate surface area is 84.3 Å². The molecule has 1 saturated heterocycles. The van der Waals surface area contributed by atoms with Crippen molar-refractivity contribution < 1.29 is 14.4 Å². The van der Waals surface area contributed by atoms with E-state index in [2.05, 4.69) is 0 Å². The number of hydrogen-bond donors (Lipinski definition) is 0. The van der Waals surface area contributed by atoms with E-state index in [9.17, 15) is 10.1 Å². The summed E-state index contributed by atoms with van der Waals surface area (Å²) in [6, 6.07) is 4.05. The molecule has 0 saturated carbocycles. The lowest BCUT2D eigenvalue weighted by atomic mass is 10.3. The first-order chi connectivity index (χ1) is 6.66. The number of nitrogens with zero attached hydrogens (tertiary/aromatic N) is 1. The van der Waals surface area contributed by atoms with E-state index in [0.29, 0.717) is 12.4 Å². The van der Waals surface area contributed by atoms with Crippen LogP contribution in [-0.4, -0.2) is 17.8 Å². The molecule has 1 aromatic carbocycles. The van der Waals surface area contributed by atoms with Crippen LogP contribution in [0.2, 0.25) is 5.02 Å². The fourth-order valence-electron chi connectivity index (χ4n) is 0.948. The average molecular weight is 216 g/mol. The molecule has 1 aromatic rings. The van der Waals surface area contributed by atoms with Gasteiger partial charge in [0.1, 0.15) is 12.4 Å². The second-order valence-corrected chi connectivity index (χ2v) is 3.16. The summed E-state index contributed by atoms with van der Waals surface area (Å²) in [7, 11) is 0. The van der Waals surface area contributed by atoms with Gasteiger partial charge in [0, 0.05) is 12.1 Å². The molecule has 1 aliphatic heterocycles. The summed E-state index contributed by atoms with van der Waals surface area (Å²) in [6.45, 7) is 0.535. The Morgan fingerprint density at radius 3 is 2.86 bits per heavy atom. The molecule has 0 radical (unpaired) electrons. The van der Waals surface area contributed by atoms with Gasteiger partial charge in [0.2, 0.25) is 6.29 Å². The largest absolute Gasteiger partial charge is 0.461 e. The number of non-ortho nitro benzene ring substituents is 1. The summed E-state index contributed by atoms with van der Waals surface area (Å²) in [5.74, 6) is 0.403. The number of nitro groups is 1. The van der Waals surface area contributed by atoms with E-state index in [1.165, 1.54) is 18.2 Å². The topological polar surface area (TPSA) is 64.9 Å². The van der Waals surface area contributed by atoms with Gasteiger partial charge in [-0.3, -0.25) is 10.1 Å². The Morgan fingerprint density at radius 1 is 1.64 bits per heavy atom. The SMILES string of the molecule is O=[N+]([O-])c1ccc(O[C@@H]2CO2)c(Cl)c1. The van der Waals surface area contributed by atoms with Gasteiger partial charge in [-0.1, -0.05) is 11.6 Å². The number of halogens is 1. The third-order valence-corrected chi connectivity index (χ3v) is 1.98. The minimum atomic E-state index is -0.511. The van der Waals surface area contributed by atoms with E-state index in [4.69, 9.17) is 21.1 Å². The van der Waals surface area contributed by atoms with Gasteiger partial charge >= 0.3 is 0 Å². The van der Waals surface area contributed by atoms with Crippen LogP contribution in [0.15, 0.2) is 18.2 Å². The standard InChI is InChI=1S/C8H6ClNO4/c9-6-3-5(10(11)12)1-2-7(6)14-8-4-13-8/h1-3,8H,4H2/t8-/m1/s1. The summed E-state index contributed by atoms with van der Waals surface area (Å²) >= 11 is 5.76. The molecule has 14 heavy (non-hydrogen) atoms. The van der Waals surface area contributed by atoms with Gasteiger partial charge in [-0.2, -0.15) is 0 Å². The molecule has 0 spiro atoms. The Hall–Kier alpha value is -1.33. The highest BCUT2D eigenvalue weighted by atomic mass is 35.5. The Bertz CT molecular complexity index is 378. The fraction of sp³-hybridized carbons (Fsp3) is 0.250. The second kappa shape index (κ2) is 3.43. The van der Waals surface area contributed by atoms with Crippen molar-refractivity contribution in [3.8, 4) is 5.75 Å². The first kappa shape index (κ1) is 9.23. The Balaban J connectivity index is 2.21. The number of ether oxygens (including phenoxy) is 2. The van der Waals surface area contributed by atoms with E-state index in [1.807, 2.05) is 0 Å². The first-order valence-corrected chi connectivity index (χ1v) is 4.27. The van der Waals surface area contributed by atoms with Crippen molar-refractivity contribution >= 4 is 17.3 Å². The lowest BCUT2D eigenvalue weighted by Gasteiger charge is -2.03. The summed E-state index contributed by atoms with van der Waals surface area (Å²) in [5.41, 5.74) is -0.0564. The molecule has 1 aliphatic rings. The number of benzene rings is 1. The molecule has 2 rings (SSSR count). The van der Waals surface area contributed by atoms with Crippen molar-refractivity contribution in [3.05, 3.63) is 33.3 Å². The molecule has 6 heteroatoms. The number of nitro benzene ring substituents is 1. The normalized spacial score (nSPS) is 19.1. The van der Waals surface area contributed by atoms with Crippen LogP contribution >= 0.6 is 11.6 Å². The molecular weight excluding hydrogens is 210 g/mol. The maximum Gasteiger partial charge on any atom is 0.271 e. The smallest absolute Gasteiger partial charge is 0.271 e. The predicted molar refractivity (Wildman–Crippen MR) is 48.5 cm³/mol. The van der Waals surface area contributed by atoms with Gasteiger partial charge in [0.25, 0.3) is 5.69 Å². The van der Waals surface area contributed by atoms with Gasteiger partial charge in [-0.25, -0.2) is 0 Å². The molecule has 0 aliphatic carbocycles. The fourth-order valence-corrected chi connectivity index (χ4v) is 1.17. The van der Waals surface area contributed by atoms with Gasteiger partial charge in [-0.15, -0.1) is 0 Å². The minimum absolute atomic E-state index is 0.0564. The maximum atomic E-state index is 10.4. The zero-order valence-corrected chi connectivity index (χ0v) is 7.73. The van der Waals surface area contributed by atoms with Crippen molar-refractivity contribution in [3.63, 3.8) is 0 Å². The molecule has 0 bridgehead atoms. The van der Waals surface area contributed by atoms with E-state index >= 15 is 0 Å². The minimum Gasteiger partial charge on any atom is -0.461 e. The monoisotopic (exact) mass is 215 g/mol. The highest BCUT2D eigenvalue weighted by Gasteiger charge is 2.26. The van der Waals surface area contributed by atoms with Gasteiger partial charge in [0.15, 0.2) is 0 Å². The molecule has 1 atom stereocenters. The third kappa shape index (κ3) is 1.94. The van der Waals surface area contributed by atoms with E-state index in [-0.39, 0.29) is 17.0 Å². The van der Waals surface area contributed by atoms with Gasteiger partial charge in [0.05, 0.1) is 9.95 Å².